The van der Waals surface area contributed by atoms with Crippen LogP contribution < -0.4 is 14.8 Å². The maximum atomic E-state index is 11.3. The summed E-state index contributed by atoms with van der Waals surface area (Å²) in [7, 11) is 0. The van der Waals surface area contributed by atoms with Gasteiger partial charge < -0.3 is 14.8 Å². The SMILES string of the molecule is O=C(NCc1ccc2c(c1)OCO2)C(Cl)(Cl)Cl. The van der Waals surface area contributed by atoms with Crippen LogP contribution in [-0.4, -0.2) is 16.5 Å². The van der Waals surface area contributed by atoms with Crippen molar-refractivity contribution in [3.63, 3.8) is 0 Å². The predicted octanol–water partition coefficient (Wildman–Crippen LogP) is 2.40. The minimum absolute atomic E-state index is 0.208. The predicted molar refractivity (Wildman–Crippen MR) is 64.7 cm³/mol. The molecule has 0 aliphatic carbocycles. The quantitative estimate of drug-likeness (QED) is 0.853. The van der Waals surface area contributed by atoms with E-state index in [1.807, 2.05) is 0 Å². The molecule has 1 heterocycles. The molecule has 0 atom stereocenters. The highest BCUT2D eigenvalue weighted by Crippen LogP contribution is 2.32. The van der Waals surface area contributed by atoms with Gasteiger partial charge in [0.15, 0.2) is 11.5 Å². The van der Waals surface area contributed by atoms with Crippen molar-refractivity contribution in [1.82, 2.24) is 5.32 Å². The Morgan fingerprint density at radius 1 is 1.29 bits per heavy atom. The van der Waals surface area contributed by atoms with Crippen LogP contribution in [0.4, 0.5) is 0 Å². The monoisotopic (exact) mass is 295 g/mol. The standard InChI is InChI=1S/C10H8Cl3NO3/c11-10(12,13)9(15)14-4-6-1-2-7-8(3-6)17-5-16-7/h1-3H,4-5H2,(H,14,15). The smallest absolute Gasteiger partial charge is 0.272 e. The van der Waals surface area contributed by atoms with Crippen LogP contribution in [0, 0.1) is 0 Å². The van der Waals surface area contributed by atoms with Crippen molar-refractivity contribution in [2.24, 2.45) is 0 Å². The lowest BCUT2D eigenvalue weighted by Gasteiger charge is -2.11. The number of hydrogen-bond donors (Lipinski definition) is 1. The Balaban J connectivity index is 1.98. The number of hydrogen-bond acceptors (Lipinski definition) is 3. The maximum Gasteiger partial charge on any atom is 0.272 e. The van der Waals surface area contributed by atoms with Crippen LogP contribution in [0.3, 0.4) is 0 Å². The van der Waals surface area contributed by atoms with E-state index in [1.54, 1.807) is 18.2 Å². The van der Waals surface area contributed by atoms with E-state index in [9.17, 15) is 4.79 Å². The van der Waals surface area contributed by atoms with E-state index in [-0.39, 0.29) is 13.3 Å². The molecule has 0 fully saturated rings. The fraction of sp³-hybridized carbons (Fsp3) is 0.300. The van der Waals surface area contributed by atoms with E-state index in [0.717, 1.165) is 5.56 Å². The lowest BCUT2D eigenvalue weighted by molar-refractivity contribution is -0.120. The summed E-state index contributed by atoms with van der Waals surface area (Å²) in [5.41, 5.74) is 0.830. The Labute approximate surface area is 113 Å². The maximum absolute atomic E-state index is 11.3. The summed E-state index contributed by atoms with van der Waals surface area (Å²) >= 11 is 16.3. The summed E-state index contributed by atoms with van der Waals surface area (Å²) in [4.78, 5) is 11.3. The highest BCUT2D eigenvalue weighted by molar-refractivity contribution is 6.76. The Morgan fingerprint density at radius 2 is 2.00 bits per heavy atom. The number of benzene rings is 1. The first-order chi connectivity index (χ1) is 7.97. The molecule has 1 aromatic carbocycles. The van der Waals surface area contributed by atoms with E-state index in [0.29, 0.717) is 11.5 Å². The zero-order chi connectivity index (χ0) is 12.5. The molecule has 4 nitrogen and oxygen atoms in total. The van der Waals surface area contributed by atoms with Gasteiger partial charge in [-0.2, -0.15) is 0 Å². The van der Waals surface area contributed by atoms with Crippen molar-refractivity contribution in [3.05, 3.63) is 23.8 Å². The minimum Gasteiger partial charge on any atom is -0.454 e. The molecule has 0 radical (unpaired) electrons. The number of ether oxygens (including phenoxy) is 2. The molecule has 92 valence electrons. The molecule has 0 aromatic heterocycles. The Hall–Kier alpha value is -0.840. The first-order valence-corrected chi connectivity index (χ1v) is 5.84. The number of alkyl halides is 3. The van der Waals surface area contributed by atoms with Crippen LogP contribution in [0.2, 0.25) is 0 Å². The zero-order valence-corrected chi connectivity index (χ0v) is 10.8. The van der Waals surface area contributed by atoms with E-state index in [4.69, 9.17) is 44.3 Å². The summed E-state index contributed by atoms with van der Waals surface area (Å²) in [6.45, 7) is 0.461. The van der Waals surface area contributed by atoms with Gasteiger partial charge in [0, 0.05) is 6.54 Å². The number of halogens is 3. The molecule has 1 amide bonds. The van der Waals surface area contributed by atoms with E-state index in [1.165, 1.54) is 0 Å². The van der Waals surface area contributed by atoms with Crippen molar-refractivity contribution in [1.29, 1.82) is 0 Å². The van der Waals surface area contributed by atoms with Gasteiger partial charge in [0.1, 0.15) is 0 Å². The number of amides is 1. The fourth-order valence-electron chi connectivity index (χ4n) is 1.33. The van der Waals surface area contributed by atoms with E-state index in [2.05, 4.69) is 5.32 Å². The molecule has 1 aromatic rings. The number of fused-ring (bicyclic) bond motifs is 1. The topological polar surface area (TPSA) is 47.6 Å². The minimum atomic E-state index is -1.95. The largest absolute Gasteiger partial charge is 0.454 e. The van der Waals surface area contributed by atoms with Crippen molar-refractivity contribution in [2.45, 2.75) is 10.3 Å². The van der Waals surface area contributed by atoms with Crippen LogP contribution in [0.15, 0.2) is 18.2 Å². The molecular formula is C10H8Cl3NO3. The van der Waals surface area contributed by atoms with Gasteiger partial charge in [-0.05, 0) is 17.7 Å². The summed E-state index contributed by atoms with van der Waals surface area (Å²) in [6, 6.07) is 5.33. The molecule has 7 heteroatoms. The van der Waals surface area contributed by atoms with Crippen molar-refractivity contribution in [2.75, 3.05) is 6.79 Å². The number of nitrogens with one attached hydrogen (secondary N) is 1. The molecule has 0 saturated heterocycles. The van der Waals surface area contributed by atoms with Crippen LogP contribution in [-0.2, 0) is 11.3 Å². The first-order valence-electron chi connectivity index (χ1n) is 4.70. The van der Waals surface area contributed by atoms with Crippen LogP contribution in [0.5, 0.6) is 11.5 Å². The van der Waals surface area contributed by atoms with Gasteiger partial charge in [0.2, 0.25) is 6.79 Å². The second kappa shape index (κ2) is 4.80. The van der Waals surface area contributed by atoms with Gasteiger partial charge in [-0.25, -0.2) is 0 Å². The summed E-state index contributed by atoms with van der Waals surface area (Å²) in [6.07, 6.45) is 0. The molecule has 1 aliphatic rings. The second-order valence-corrected chi connectivity index (χ2v) is 5.65. The van der Waals surface area contributed by atoms with Crippen LogP contribution in [0.25, 0.3) is 0 Å². The third kappa shape index (κ3) is 3.09. The number of carbonyl (C=O) groups is 1. The number of rotatable bonds is 2. The molecule has 0 unspecified atom stereocenters. The van der Waals surface area contributed by atoms with Crippen molar-refractivity contribution in [3.8, 4) is 11.5 Å². The molecule has 0 saturated carbocycles. The van der Waals surface area contributed by atoms with E-state index >= 15 is 0 Å². The van der Waals surface area contributed by atoms with Gasteiger partial charge in [0.25, 0.3) is 9.70 Å². The summed E-state index contributed by atoms with van der Waals surface area (Å²) in [5, 5.41) is 2.50. The molecule has 0 bridgehead atoms. The highest BCUT2D eigenvalue weighted by Gasteiger charge is 2.30. The van der Waals surface area contributed by atoms with Gasteiger partial charge in [-0.3, -0.25) is 4.79 Å². The lowest BCUT2D eigenvalue weighted by Crippen LogP contribution is -2.33. The average Bonchev–Trinajstić information content (AvgIpc) is 2.71. The van der Waals surface area contributed by atoms with Crippen LogP contribution >= 0.6 is 34.8 Å². The Morgan fingerprint density at radius 3 is 2.71 bits per heavy atom. The van der Waals surface area contributed by atoms with Crippen molar-refractivity contribution < 1.29 is 14.3 Å². The second-order valence-electron chi connectivity index (χ2n) is 3.37. The van der Waals surface area contributed by atoms with Gasteiger partial charge in [-0.1, -0.05) is 40.9 Å². The summed E-state index contributed by atoms with van der Waals surface area (Å²) in [5.74, 6) is 0.659. The third-order valence-corrected chi connectivity index (χ3v) is 2.66. The molecule has 0 spiro atoms. The van der Waals surface area contributed by atoms with Crippen molar-refractivity contribution >= 4 is 40.7 Å². The van der Waals surface area contributed by atoms with Gasteiger partial charge in [0.05, 0.1) is 0 Å². The summed E-state index contributed by atoms with van der Waals surface area (Å²) < 4.78 is 8.41. The van der Waals surface area contributed by atoms with Gasteiger partial charge >= 0.3 is 0 Å². The normalized spacial score (nSPS) is 13.6. The number of carbonyl (C=O) groups excluding carboxylic acids is 1. The molecule has 1 N–H and O–H groups in total. The zero-order valence-electron chi connectivity index (χ0n) is 8.50. The fourth-order valence-corrected chi connectivity index (χ4v) is 1.53. The Kier molecular flexibility index (Phi) is 3.56. The average molecular weight is 297 g/mol. The van der Waals surface area contributed by atoms with Gasteiger partial charge in [-0.15, -0.1) is 0 Å². The van der Waals surface area contributed by atoms with E-state index < -0.39 is 9.70 Å². The Bertz CT molecular complexity index is 445. The van der Waals surface area contributed by atoms with Crippen LogP contribution in [0.1, 0.15) is 5.56 Å². The third-order valence-electron chi connectivity index (χ3n) is 2.15. The molecular weight excluding hydrogens is 288 g/mol. The molecule has 17 heavy (non-hydrogen) atoms. The lowest BCUT2D eigenvalue weighted by atomic mass is 10.2. The molecule has 1 aliphatic heterocycles. The first kappa shape index (κ1) is 12.6. The highest BCUT2D eigenvalue weighted by atomic mass is 35.6. The molecule has 2 rings (SSSR count).